The van der Waals surface area contributed by atoms with Crippen LogP contribution < -0.4 is 25.1 Å². The lowest BCUT2D eigenvalue weighted by molar-refractivity contribution is -0.131. The summed E-state index contributed by atoms with van der Waals surface area (Å²) in [6.45, 7) is 0.194. The molecule has 3 aromatic rings. The van der Waals surface area contributed by atoms with Gasteiger partial charge in [-0.05, 0) is 42.5 Å². The first-order valence-electron chi connectivity index (χ1n) is 9.04. The van der Waals surface area contributed by atoms with Gasteiger partial charge in [0.1, 0.15) is 24.7 Å². The third kappa shape index (κ3) is 4.74. The fourth-order valence-corrected chi connectivity index (χ4v) is 3.08. The van der Waals surface area contributed by atoms with Gasteiger partial charge in [-0.2, -0.15) is 0 Å². The van der Waals surface area contributed by atoms with Crippen molar-refractivity contribution in [2.24, 2.45) is 0 Å². The number of carbonyl (C=O) groups excluding carboxylic acids is 2. The van der Waals surface area contributed by atoms with E-state index in [1.165, 1.54) is 6.07 Å². The van der Waals surface area contributed by atoms with Crippen molar-refractivity contribution in [2.45, 2.75) is 12.7 Å². The second kappa shape index (κ2) is 8.91. The minimum Gasteiger partial charge on any atom is -0.486 e. The molecule has 154 valence electrons. The monoisotopic (exact) mass is 472 g/mol. The summed E-state index contributed by atoms with van der Waals surface area (Å²) in [5.41, 5.74) is 4.61. The third-order valence-electron chi connectivity index (χ3n) is 4.16. The van der Waals surface area contributed by atoms with Crippen LogP contribution in [0.5, 0.6) is 17.2 Å². The summed E-state index contributed by atoms with van der Waals surface area (Å²) in [6.07, 6.45) is -0.883. The van der Waals surface area contributed by atoms with E-state index >= 15 is 0 Å². The number of halogens is 1. The molecule has 1 aromatic heterocycles. The van der Waals surface area contributed by atoms with E-state index in [0.717, 1.165) is 4.47 Å². The van der Waals surface area contributed by atoms with Crippen molar-refractivity contribution in [3.05, 3.63) is 76.7 Å². The van der Waals surface area contributed by atoms with Crippen molar-refractivity contribution >= 4 is 27.7 Å². The first-order chi connectivity index (χ1) is 14.6. The van der Waals surface area contributed by atoms with Crippen LogP contribution in [0.2, 0.25) is 0 Å². The Hall–Kier alpha value is -3.46. The van der Waals surface area contributed by atoms with Gasteiger partial charge in [0.15, 0.2) is 17.3 Å². The Kier molecular flexibility index (Phi) is 5.89. The average molecular weight is 473 g/mol. The van der Waals surface area contributed by atoms with Crippen LogP contribution in [-0.4, -0.2) is 24.5 Å². The molecule has 30 heavy (non-hydrogen) atoms. The molecule has 2 aromatic carbocycles. The highest BCUT2D eigenvalue weighted by Crippen LogP contribution is 2.30. The zero-order chi connectivity index (χ0) is 20.9. The summed E-state index contributed by atoms with van der Waals surface area (Å²) in [4.78, 5) is 24.5. The largest absolute Gasteiger partial charge is 0.486 e. The summed E-state index contributed by atoms with van der Waals surface area (Å²) < 4.78 is 23.1. The molecule has 0 bridgehead atoms. The molecular formula is C21H17BrN2O6. The van der Waals surface area contributed by atoms with Crippen LogP contribution in [0.1, 0.15) is 16.3 Å². The number of para-hydroxylation sites is 2. The van der Waals surface area contributed by atoms with Gasteiger partial charge in [-0.15, -0.1) is 0 Å². The number of rotatable bonds is 5. The lowest BCUT2D eigenvalue weighted by Gasteiger charge is -2.25. The molecule has 1 atom stereocenters. The van der Waals surface area contributed by atoms with E-state index in [9.17, 15) is 9.59 Å². The molecule has 0 spiro atoms. The van der Waals surface area contributed by atoms with E-state index in [1.807, 2.05) is 30.3 Å². The second-order valence-corrected chi connectivity index (χ2v) is 7.24. The number of carbonyl (C=O) groups is 2. The molecule has 1 aliphatic rings. The van der Waals surface area contributed by atoms with Crippen LogP contribution in [0.3, 0.4) is 0 Å². The van der Waals surface area contributed by atoms with Gasteiger partial charge in [0.05, 0.1) is 0 Å². The molecule has 2 heterocycles. The maximum Gasteiger partial charge on any atom is 0.305 e. The minimum absolute atomic E-state index is 0.0364. The summed E-state index contributed by atoms with van der Waals surface area (Å²) in [5.74, 6) is 1.06. The number of ether oxygens (including phenoxy) is 3. The number of hydrazine groups is 1. The van der Waals surface area contributed by atoms with Crippen molar-refractivity contribution in [1.82, 2.24) is 10.9 Å². The van der Waals surface area contributed by atoms with Crippen LogP contribution in [-0.2, 0) is 11.4 Å². The smallest absolute Gasteiger partial charge is 0.305 e. The fraction of sp³-hybridized carbons (Fsp3) is 0.143. The van der Waals surface area contributed by atoms with E-state index in [2.05, 4.69) is 26.8 Å². The molecule has 1 aliphatic heterocycles. The molecular weight excluding hydrogens is 456 g/mol. The van der Waals surface area contributed by atoms with Gasteiger partial charge in [-0.25, -0.2) is 0 Å². The topological polar surface area (TPSA) is 99.0 Å². The number of hydrogen-bond donors (Lipinski definition) is 2. The normalized spacial score (nSPS) is 14.6. The number of nitrogens with one attached hydrogen (secondary N) is 2. The third-order valence-corrected chi connectivity index (χ3v) is 4.66. The Bertz CT molecular complexity index is 1070. The molecule has 0 saturated carbocycles. The molecule has 0 aliphatic carbocycles. The lowest BCUT2D eigenvalue weighted by atomic mass is 10.2. The summed E-state index contributed by atoms with van der Waals surface area (Å²) in [7, 11) is 0. The van der Waals surface area contributed by atoms with E-state index in [1.54, 1.807) is 24.3 Å². The maximum atomic E-state index is 12.3. The number of furan rings is 1. The SMILES string of the molecule is O=C(NNC(=O)C1COc2ccccc2O1)c1ccc(COc2cccc(Br)c2)o1. The molecule has 9 heteroatoms. The Morgan fingerprint density at radius 2 is 1.87 bits per heavy atom. The number of benzene rings is 2. The molecule has 0 fully saturated rings. The summed E-state index contributed by atoms with van der Waals surface area (Å²) in [6, 6.07) is 17.5. The fourth-order valence-electron chi connectivity index (χ4n) is 2.70. The van der Waals surface area contributed by atoms with Gasteiger partial charge in [0.2, 0.25) is 6.10 Å². The summed E-state index contributed by atoms with van der Waals surface area (Å²) >= 11 is 3.37. The molecule has 1 unspecified atom stereocenters. The van der Waals surface area contributed by atoms with Crippen LogP contribution >= 0.6 is 15.9 Å². The molecule has 8 nitrogen and oxygen atoms in total. The highest BCUT2D eigenvalue weighted by Gasteiger charge is 2.27. The zero-order valence-corrected chi connectivity index (χ0v) is 17.2. The van der Waals surface area contributed by atoms with Crippen molar-refractivity contribution in [3.63, 3.8) is 0 Å². The van der Waals surface area contributed by atoms with Crippen molar-refractivity contribution in [3.8, 4) is 17.2 Å². The van der Waals surface area contributed by atoms with Crippen molar-refractivity contribution in [1.29, 1.82) is 0 Å². The molecule has 0 saturated heterocycles. The highest BCUT2D eigenvalue weighted by atomic mass is 79.9. The van der Waals surface area contributed by atoms with E-state index in [-0.39, 0.29) is 19.0 Å². The summed E-state index contributed by atoms with van der Waals surface area (Å²) in [5, 5.41) is 0. The van der Waals surface area contributed by atoms with Crippen LogP contribution in [0.15, 0.2) is 69.6 Å². The predicted octanol–water partition coefficient (Wildman–Crippen LogP) is 3.22. The van der Waals surface area contributed by atoms with E-state index in [4.69, 9.17) is 18.6 Å². The molecule has 2 N–H and O–H groups in total. The second-order valence-electron chi connectivity index (χ2n) is 6.32. The van der Waals surface area contributed by atoms with Crippen LogP contribution in [0.25, 0.3) is 0 Å². The molecule has 4 rings (SSSR count). The standard InChI is InChI=1S/C21H17BrN2O6/c22-13-4-3-5-14(10-13)27-11-15-8-9-18(29-15)20(25)23-24-21(26)19-12-28-16-6-1-2-7-17(16)30-19/h1-10,19H,11-12H2,(H,23,25)(H,24,26). The Balaban J connectivity index is 1.27. The Morgan fingerprint density at radius 1 is 1.03 bits per heavy atom. The highest BCUT2D eigenvalue weighted by molar-refractivity contribution is 9.10. The number of fused-ring (bicyclic) bond motifs is 1. The molecule has 2 amide bonds. The van der Waals surface area contributed by atoms with Crippen LogP contribution in [0, 0.1) is 0 Å². The zero-order valence-electron chi connectivity index (χ0n) is 15.6. The van der Waals surface area contributed by atoms with E-state index < -0.39 is 17.9 Å². The lowest BCUT2D eigenvalue weighted by Crippen LogP contribution is -2.50. The quantitative estimate of drug-likeness (QED) is 0.553. The Morgan fingerprint density at radius 3 is 2.70 bits per heavy atom. The van der Waals surface area contributed by atoms with Gasteiger partial charge in [0.25, 0.3) is 5.91 Å². The van der Waals surface area contributed by atoms with Gasteiger partial charge in [-0.3, -0.25) is 20.4 Å². The maximum absolute atomic E-state index is 12.3. The number of hydrogen-bond acceptors (Lipinski definition) is 6. The number of amides is 2. The Labute approximate surface area is 180 Å². The first-order valence-corrected chi connectivity index (χ1v) is 9.83. The molecule has 0 radical (unpaired) electrons. The van der Waals surface area contributed by atoms with Crippen molar-refractivity contribution in [2.75, 3.05) is 6.61 Å². The van der Waals surface area contributed by atoms with Crippen LogP contribution in [0.4, 0.5) is 0 Å². The average Bonchev–Trinajstić information content (AvgIpc) is 3.25. The van der Waals surface area contributed by atoms with Gasteiger partial charge >= 0.3 is 5.91 Å². The van der Waals surface area contributed by atoms with E-state index in [0.29, 0.717) is 23.0 Å². The predicted molar refractivity (Wildman–Crippen MR) is 109 cm³/mol. The van der Waals surface area contributed by atoms with Gasteiger partial charge < -0.3 is 18.6 Å². The van der Waals surface area contributed by atoms with Gasteiger partial charge in [-0.1, -0.05) is 34.1 Å². The van der Waals surface area contributed by atoms with Crippen molar-refractivity contribution < 1.29 is 28.2 Å². The first kappa shape index (κ1) is 19.8. The minimum atomic E-state index is -0.883. The van der Waals surface area contributed by atoms with Gasteiger partial charge in [0, 0.05) is 4.47 Å².